The van der Waals surface area contributed by atoms with Crippen LogP contribution in [0.4, 0.5) is 11.5 Å². The minimum absolute atomic E-state index is 0.168. The first-order chi connectivity index (χ1) is 7.56. The van der Waals surface area contributed by atoms with Crippen LogP contribution in [0.3, 0.4) is 0 Å². The Morgan fingerprint density at radius 3 is 2.75 bits per heavy atom. The lowest BCUT2D eigenvalue weighted by Gasteiger charge is -2.23. The quantitative estimate of drug-likeness (QED) is 0.711. The number of nitrogens with one attached hydrogen (secondary N) is 1. The lowest BCUT2D eigenvalue weighted by molar-refractivity contribution is 0.267. The van der Waals surface area contributed by atoms with E-state index < -0.39 is 0 Å². The normalized spacial score (nSPS) is 12.8. The van der Waals surface area contributed by atoms with Crippen molar-refractivity contribution >= 4 is 11.5 Å². The van der Waals surface area contributed by atoms with Gasteiger partial charge in [-0.05, 0) is 30.9 Å². The topological polar surface area (TPSA) is 71.2 Å². The SMILES string of the molecule is Cc1ccnc(NC(CCO)C(C)C)c1N. The molecule has 0 saturated carbocycles. The Hall–Kier alpha value is -1.29. The molecular formula is C12H21N3O. The van der Waals surface area contributed by atoms with Crippen LogP contribution in [-0.4, -0.2) is 22.7 Å². The summed E-state index contributed by atoms with van der Waals surface area (Å²) in [5, 5.41) is 12.3. The second-order valence-electron chi connectivity index (χ2n) is 4.40. The van der Waals surface area contributed by atoms with Crippen LogP contribution >= 0.6 is 0 Å². The van der Waals surface area contributed by atoms with Crippen LogP contribution < -0.4 is 11.1 Å². The average Bonchev–Trinajstić information content (AvgIpc) is 2.23. The molecule has 1 heterocycles. The summed E-state index contributed by atoms with van der Waals surface area (Å²) in [5.41, 5.74) is 7.64. The van der Waals surface area contributed by atoms with Crippen molar-refractivity contribution in [3.63, 3.8) is 0 Å². The van der Waals surface area contributed by atoms with Gasteiger partial charge in [-0.2, -0.15) is 0 Å². The third-order valence-corrected chi connectivity index (χ3v) is 2.78. The van der Waals surface area contributed by atoms with Crippen LogP contribution in [0.25, 0.3) is 0 Å². The van der Waals surface area contributed by atoms with Gasteiger partial charge in [-0.3, -0.25) is 0 Å². The maximum absolute atomic E-state index is 9.00. The predicted octanol–water partition coefficient (Wildman–Crippen LogP) is 1.79. The third-order valence-electron chi connectivity index (χ3n) is 2.78. The highest BCUT2D eigenvalue weighted by atomic mass is 16.3. The summed E-state index contributed by atoms with van der Waals surface area (Å²) in [6, 6.07) is 2.08. The molecular weight excluding hydrogens is 202 g/mol. The van der Waals surface area contributed by atoms with E-state index in [4.69, 9.17) is 10.8 Å². The predicted molar refractivity (Wildman–Crippen MR) is 67.3 cm³/mol. The molecule has 1 atom stereocenters. The first-order valence-electron chi connectivity index (χ1n) is 5.64. The molecule has 0 bridgehead atoms. The first kappa shape index (κ1) is 12.8. The van der Waals surface area contributed by atoms with E-state index in [1.54, 1.807) is 6.20 Å². The van der Waals surface area contributed by atoms with Gasteiger partial charge in [0.25, 0.3) is 0 Å². The van der Waals surface area contributed by atoms with Crippen molar-refractivity contribution in [2.24, 2.45) is 5.92 Å². The Morgan fingerprint density at radius 2 is 2.19 bits per heavy atom. The van der Waals surface area contributed by atoms with Crippen molar-refractivity contribution in [1.82, 2.24) is 4.98 Å². The molecule has 1 aromatic heterocycles. The van der Waals surface area contributed by atoms with E-state index >= 15 is 0 Å². The lowest BCUT2D eigenvalue weighted by atomic mass is 10.0. The summed E-state index contributed by atoms with van der Waals surface area (Å²) in [4.78, 5) is 4.23. The summed E-state index contributed by atoms with van der Waals surface area (Å²) in [7, 11) is 0. The third kappa shape index (κ3) is 3.10. The monoisotopic (exact) mass is 223 g/mol. The maximum Gasteiger partial charge on any atom is 0.149 e. The Labute approximate surface area is 96.9 Å². The zero-order valence-electron chi connectivity index (χ0n) is 10.2. The number of anilines is 2. The number of aryl methyl sites for hydroxylation is 1. The van der Waals surface area contributed by atoms with E-state index in [1.807, 2.05) is 13.0 Å². The van der Waals surface area contributed by atoms with Gasteiger partial charge in [-0.1, -0.05) is 13.8 Å². The van der Waals surface area contributed by atoms with Gasteiger partial charge in [0.15, 0.2) is 0 Å². The molecule has 0 aliphatic carbocycles. The molecule has 0 saturated heterocycles. The lowest BCUT2D eigenvalue weighted by Crippen LogP contribution is -2.27. The zero-order valence-corrected chi connectivity index (χ0v) is 10.2. The molecule has 1 rings (SSSR count). The van der Waals surface area contributed by atoms with Crippen LogP contribution in [-0.2, 0) is 0 Å². The first-order valence-corrected chi connectivity index (χ1v) is 5.64. The summed E-state index contributed by atoms with van der Waals surface area (Å²) in [5.74, 6) is 1.14. The van der Waals surface area contributed by atoms with Gasteiger partial charge in [0.2, 0.25) is 0 Å². The van der Waals surface area contributed by atoms with Gasteiger partial charge in [-0.15, -0.1) is 0 Å². The fourth-order valence-electron chi connectivity index (χ4n) is 1.57. The van der Waals surface area contributed by atoms with E-state index in [0.29, 0.717) is 23.8 Å². The smallest absolute Gasteiger partial charge is 0.149 e. The van der Waals surface area contributed by atoms with E-state index in [1.165, 1.54) is 0 Å². The number of pyridine rings is 1. The Kier molecular flexibility index (Phi) is 4.55. The van der Waals surface area contributed by atoms with Crippen LogP contribution in [0.1, 0.15) is 25.8 Å². The Morgan fingerprint density at radius 1 is 1.50 bits per heavy atom. The summed E-state index contributed by atoms with van der Waals surface area (Å²) < 4.78 is 0. The van der Waals surface area contributed by atoms with Crippen LogP contribution in [0.15, 0.2) is 12.3 Å². The number of nitrogens with two attached hydrogens (primary N) is 1. The van der Waals surface area contributed by atoms with Gasteiger partial charge in [-0.25, -0.2) is 4.98 Å². The van der Waals surface area contributed by atoms with E-state index in [2.05, 4.69) is 24.1 Å². The van der Waals surface area contributed by atoms with Gasteiger partial charge in [0, 0.05) is 18.8 Å². The van der Waals surface area contributed by atoms with Crippen LogP contribution in [0.2, 0.25) is 0 Å². The number of nitrogen functional groups attached to an aromatic ring is 1. The maximum atomic E-state index is 9.00. The van der Waals surface area contributed by atoms with Gasteiger partial charge in [0.05, 0.1) is 5.69 Å². The molecule has 0 fully saturated rings. The second-order valence-corrected chi connectivity index (χ2v) is 4.40. The van der Waals surface area contributed by atoms with Crippen molar-refractivity contribution in [1.29, 1.82) is 0 Å². The molecule has 1 aromatic rings. The molecule has 0 aliphatic rings. The highest BCUT2D eigenvalue weighted by molar-refractivity contribution is 5.65. The van der Waals surface area contributed by atoms with Crippen molar-refractivity contribution < 1.29 is 5.11 Å². The largest absolute Gasteiger partial charge is 0.396 e. The average molecular weight is 223 g/mol. The molecule has 0 amide bonds. The standard InChI is InChI=1S/C12H21N3O/c1-8(2)10(5-7-16)15-12-11(13)9(3)4-6-14-12/h4,6,8,10,16H,5,7,13H2,1-3H3,(H,14,15). The van der Waals surface area contributed by atoms with Crippen molar-refractivity contribution in [3.05, 3.63) is 17.8 Å². The van der Waals surface area contributed by atoms with E-state index in [9.17, 15) is 0 Å². The number of hydrogen-bond acceptors (Lipinski definition) is 4. The van der Waals surface area contributed by atoms with Crippen molar-refractivity contribution in [2.45, 2.75) is 33.2 Å². The Bertz CT molecular complexity index is 339. The fraction of sp³-hybridized carbons (Fsp3) is 0.583. The fourth-order valence-corrected chi connectivity index (χ4v) is 1.57. The number of rotatable bonds is 5. The molecule has 4 nitrogen and oxygen atoms in total. The molecule has 4 N–H and O–H groups in total. The zero-order chi connectivity index (χ0) is 12.1. The van der Waals surface area contributed by atoms with Gasteiger partial charge in [0.1, 0.15) is 5.82 Å². The number of nitrogens with zero attached hydrogens (tertiary/aromatic N) is 1. The molecule has 90 valence electrons. The second kappa shape index (κ2) is 5.70. The Balaban J connectivity index is 2.81. The van der Waals surface area contributed by atoms with E-state index in [-0.39, 0.29) is 12.6 Å². The minimum Gasteiger partial charge on any atom is -0.396 e. The van der Waals surface area contributed by atoms with Crippen LogP contribution in [0.5, 0.6) is 0 Å². The highest BCUT2D eigenvalue weighted by Crippen LogP contribution is 2.21. The van der Waals surface area contributed by atoms with Crippen molar-refractivity contribution in [3.8, 4) is 0 Å². The number of aliphatic hydroxyl groups excluding tert-OH is 1. The van der Waals surface area contributed by atoms with Gasteiger partial charge < -0.3 is 16.2 Å². The van der Waals surface area contributed by atoms with Gasteiger partial charge >= 0.3 is 0 Å². The molecule has 16 heavy (non-hydrogen) atoms. The van der Waals surface area contributed by atoms with Crippen LogP contribution in [0, 0.1) is 12.8 Å². The number of aromatic nitrogens is 1. The summed E-state index contributed by atoms with van der Waals surface area (Å²) in [6.07, 6.45) is 2.44. The number of aliphatic hydroxyl groups is 1. The molecule has 0 spiro atoms. The molecule has 0 aliphatic heterocycles. The molecule has 0 radical (unpaired) electrons. The molecule has 0 aromatic carbocycles. The van der Waals surface area contributed by atoms with E-state index in [0.717, 1.165) is 5.56 Å². The highest BCUT2D eigenvalue weighted by Gasteiger charge is 2.14. The summed E-state index contributed by atoms with van der Waals surface area (Å²) in [6.45, 7) is 6.35. The number of hydrogen-bond donors (Lipinski definition) is 3. The summed E-state index contributed by atoms with van der Waals surface area (Å²) >= 11 is 0. The molecule has 1 unspecified atom stereocenters. The van der Waals surface area contributed by atoms with Crippen molar-refractivity contribution in [2.75, 3.05) is 17.7 Å². The molecule has 4 heteroatoms. The minimum atomic E-state index is 0.168.